The van der Waals surface area contributed by atoms with E-state index in [1.165, 1.54) is 15.9 Å². The predicted molar refractivity (Wildman–Crippen MR) is 92.9 cm³/mol. The Labute approximate surface area is 136 Å². The number of fused-ring (bicyclic) bond motifs is 1. The third kappa shape index (κ3) is 2.32. The summed E-state index contributed by atoms with van der Waals surface area (Å²) in [7, 11) is 3.73. The highest BCUT2D eigenvalue weighted by Gasteiger charge is 2.18. The molecule has 3 aromatic rings. The lowest BCUT2D eigenvalue weighted by atomic mass is 10.2. The minimum Gasteiger partial charge on any atom is -0.375 e. The average molecular weight is 332 g/mol. The fourth-order valence-corrected chi connectivity index (χ4v) is 3.14. The fraction of sp³-hybridized carbons (Fsp3) is 0.125. The number of halogens is 1. The van der Waals surface area contributed by atoms with Crippen LogP contribution in [0.3, 0.4) is 0 Å². The minimum atomic E-state index is -0.133. The zero-order chi connectivity index (χ0) is 15.9. The van der Waals surface area contributed by atoms with Gasteiger partial charge in [-0.05, 0) is 23.6 Å². The van der Waals surface area contributed by atoms with E-state index in [-0.39, 0.29) is 5.56 Å². The molecule has 0 unspecified atom stereocenters. The molecule has 0 aliphatic rings. The molecule has 0 spiro atoms. The van der Waals surface area contributed by atoms with E-state index in [1.807, 2.05) is 42.6 Å². The predicted octanol–water partition coefficient (Wildman–Crippen LogP) is 3.63. The Morgan fingerprint density at radius 2 is 2.05 bits per heavy atom. The molecule has 0 saturated heterocycles. The van der Waals surface area contributed by atoms with E-state index < -0.39 is 0 Å². The van der Waals surface area contributed by atoms with Crippen molar-refractivity contribution in [2.75, 3.05) is 14.1 Å². The largest absolute Gasteiger partial charge is 0.375 e. The molecule has 0 aliphatic heterocycles. The topological polar surface area (TPSA) is 38.1 Å². The van der Waals surface area contributed by atoms with Crippen LogP contribution in [-0.2, 0) is 0 Å². The number of aromatic nitrogens is 2. The lowest BCUT2D eigenvalue weighted by molar-refractivity contribution is 0.583. The first kappa shape index (κ1) is 14.8. The monoisotopic (exact) mass is 331 g/mol. The highest BCUT2D eigenvalue weighted by atomic mass is 35.5. The first-order valence-corrected chi connectivity index (χ1v) is 7.88. The normalized spacial score (nSPS) is 10.9. The van der Waals surface area contributed by atoms with Gasteiger partial charge in [-0.15, -0.1) is 11.3 Å². The number of para-hydroxylation sites is 1. The van der Waals surface area contributed by atoms with Crippen LogP contribution >= 0.6 is 22.9 Å². The summed E-state index contributed by atoms with van der Waals surface area (Å²) in [5.41, 5.74) is 1.79. The van der Waals surface area contributed by atoms with Crippen molar-refractivity contribution in [1.82, 2.24) is 14.5 Å². The highest BCUT2D eigenvalue weighted by molar-refractivity contribution is 7.17. The molecule has 0 amide bonds. The van der Waals surface area contributed by atoms with Gasteiger partial charge in [0.05, 0.1) is 21.9 Å². The van der Waals surface area contributed by atoms with Crippen LogP contribution in [0.25, 0.3) is 21.6 Å². The second-order valence-corrected chi connectivity index (χ2v) is 6.33. The molecule has 3 rings (SSSR count). The molecule has 0 radical (unpaired) electrons. The van der Waals surface area contributed by atoms with Crippen LogP contribution in [0.4, 0.5) is 0 Å². The van der Waals surface area contributed by atoms with Gasteiger partial charge in [0.25, 0.3) is 5.56 Å². The van der Waals surface area contributed by atoms with Gasteiger partial charge in [-0.25, -0.2) is 4.98 Å². The van der Waals surface area contributed by atoms with E-state index in [9.17, 15) is 4.79 Å². The lowest BCUT2D eigenvalue weighted by Crippen LogP contribution is -2.25. The van der Waals surface area contributed by atoms with Crippen molar-refractivity contribution in [3.8, 4) is 5.69 Å². The van der Waals surface area contributed by atoms with Crippen LogP contribution in [0, 0.1) is 0 Å². The van der Waals surface area contributed by atoms with Gasteiger partial charge < -0.3 is 4.90 Å². The summed E-state index contributed by atoms with van der Waals surface area (Å²) < 4.78 is 2.14. The molecule has 0 N–H and O–H groups in total. The van der Waals surface area contributed by atoms with E-state index >= 15 is 0 Å². The van der Waals surface area contributed by atoms with Gasteiger partial charge in [-0.1, -0.05) is 30.3 Å². The summed E-state index contributed by atoms with van der Waals surface area (Å²) in [4.78, 5) is 19.3. The SMILES string of the molecule is C=C(c1nc2ccsc2c(=O)n1-c1ccccc1Cl)N(C)C. The van der Waals surface area contributed by atoms with E-state index in [0.717, 1.165) is 0 Å². The third-order valence-corrected chi connectivity index (χ3v) is 4.58. The molecule has 1 aromatic carbocycles. The van der Waals surface area contributed by atoms with Crippen molar-refractivity contribution in [2.24, 2.45) is 0 Å². The molecular weight excluding hydrogens is 318 g/mol. The fourth-order valence-electron chi connectivity index (χ4n) is 2.16. The summed E-state index contributed by atoms with van der Waals surface area (Å²) in [6.45, 7) is 4.04. The van der Waals surface area contributed by atoms with Gasteiger partial charge in [0.15, 0.2) is 5.82 Å². The van der Waals surface area contributed by atoms with Crippen LogP contribution in [0.1, 0.15) is 5.82 Å². The minimum absolute atomic E-state index is 0.133. The number of rotatable bonds is 3. The maximum absolute atomic E-state index is 12.9. The Balaban J connectivity index is 2.43. The molecule has 0 atom stereocenters. The quantitative estimate of drug-likeness (QED) is 0.735. The van der Waals surface area contributed by atoms with Crippen LogP contribution in [0.5, 0.6) is 0 Å². The summed E-state index contributed by atoms with van der Waals surface area (Å²) >= 11 is 7.66. The molecule has 2 aromatic heterocycles. The van der Waals surface area contributed by atoms with E-state index in [1.54, 1.807) is 12.1 Å². The van der Waals surface area contributed by atoms with E-state index in [0.29, 0.717) is 32.4 Å². The van der Waals surface area contributed by atoms with Gasteiger partial charge in [0.2, 0.25) is 0 Å². The molecule has 0 saturated carbocycles. The molecule has 6 heteroatoms. The van der Waals surface area contributed by atoms with Crippen LogP contribution < -0.4 is 5.56 Å². The molecule has 0 aliphatic carbocycles. The summed E-state index contributed by atoms with van der Waals surface area (Å²) in [6.07, 6.45) is 0. The average Bonchev–Trinajstić information content (AvgIpc) is 2.96. The van der Waals surface area contributed by atoms with Crippen molar-refractivity contribution < 1.29 is 0 Å². The zero-order valence-electron chi connectivity index (χ0n) is 12.2. The van der Waals surface area contributed by atoms with Crippen molar-refractivity contribution in [3.63, 3.8) is 0 Å². The third-order valence-electron chi connectivity index (χ3n) is 3.37. The zero-order valence-corrected chi connectivity index (χ0v) is 13.8. The van der Waals surface area contributed by atoms with E-state index in [2.05, 4.69) is 11.6 Å². The summed E-state index contributed by atoms with van der Waals surface area (Å²) in [5.74, 6) is 0.494. The molecule has 4 nitrogen and oxygen atoms in total. The Morgan fingerprint density at radius 3 is 2.73 bits per heavy atom. The second kappa shape index (κ2) is 5.59. The maximum Gasteiger partial charge on any atom is 0.276 e. The van der Waals surface area contributed by atoms with Gasteiger partial charge >= 0.3 is 0 Å². The Bertz CT molecular complexity index is 927. The first-order valence-electron chi connectivity index (χ1n) is 6.62. The number of benzene rings is 1. The first-order chi connectivity index (χ1) is 10.5. The van der Waals surface area contributed by atoms with Crippen LogP contribution in [0.15, 0.2) is 47.1 Å². The summed E-state index contributed by atoms with van der Waals surface area (Å²) in [6, 6.07) is 9.06. The van der Waals surface area contributed by atoms with Crippen molar-refractivity contribution in [3.05, 3.63) is 63.5 Å². The van der Waals surface area contributed by atoms with Crippen molar-refractivity contribution >= 4 is 38.9 Å². The van der Waals surface area contributed by atoms with Gasteiger partial charge in [-0.3, -0.25) is 9.36 Å². The molecule has 22 heavy (non-hydrogen) atoms. The standard InChI is InChI=1S/C16H14ClN3OS/c1-10(19(2)3)15-18-12-8-9-22-14(12)16(21)20(15)13-7-5-4-6-11(13)17/h4-9H,1H2,2-3H3. The van der Waals surface area contributed by atoms with Gasteiger partial charge in [-0.2, -0.15) is 0 Å². The Kier molecular flexibility index (Phi) is 3.76. The van der Waals surface area contributed by atoms with Gasteiger partial charge in [0, 0.05) is 14.1 Å². The number of thiophene rings is 1. The van der Waals surface area contributed by atoms with Crippen LogP contribution in [-0.4, -0.2) is 28.5 Å². The number of hydrogen-bond donors (Lipinski definition) is 0. The van der Waals surface area contributed by atoms with Crippen molar-refractivity contribution in [2.45, 2.75) is 0 Å². The molecule has 112 valence electrons. The number of nitrogens with zero attached hydrogens (tertiary/aromatic N) is 3. The smallest absolute Gasteiger partial charge is 0.276 e. The Morgan fingerprint density at radius 1 is 1.32 bits per heavy atom. The maximum atomic E-state index is 12.9. The summed E-state index contributed by atoms with van der Waals surface area (Å²) in [5, 5.41) is 2.35. The van der Waals surface area contributed by atoms with Gasteiger partial charge in [0.1, 0.15) is 4.70 Å². The van der Waals surface area contributed by atoms with E-state index in [4.69, 9.17) is 11.6 Å². The highest BCUT2D eigenvalue weighted by Crippen LogP contribution is 2.25. The number of hydrogen-bond acceptors (Lipinski definition) is 4. The Hall–Kier alpha value is -2.11. The second-order valence-electron chi connectivity index (χ2n) is 5.00. The van der Waals surface area contributed by atoms with Crippen molar-refractivity contribution in [1.29, 1.82) is 0 Å². The molecule has 0 fully saturated rings. The van der Waals surface area contributed by atoms with Crippen LogP contribution in [0.2, 0.25) is 5.02 Å². The lowest BCUT2D eigenvalue weighted by Gasteiger charge is -2.20. The molecule has 2 heterocycles. The molecule has 0 bridgehead atoms. The molecular formula is C16H14ClN3OS.